The van der Waals surface area contributed by atoms with Crippen LogP contribution >= 0.6 is 7.82 Å². The van der Waals surface area contributed by atoms with Gasteiger partial charge in [-0.05, 0) is 44.9 Å². The van der Waals surface area contributed by atoms with Crippen molar-refractivity contribution in [3.05, 3.63) is 24.3 Å². The fourth-order valence-electron chi connectivity index (χ4n) is 7.28. The van der Waals surface area contributed by atoms with Crippen LogP contribution in [0.15, 0.2) is 24.3 Å². The molecule has 0 bridgehead atoms. The molecule has 0 fully saturated rings. The molecule has 60 heavy (non-hydrogen) atoms. The summed E-state index contributed by atoms with van der Waals surface area (Å²) in [6.07, 6.45) is 52.0. The molecule has 0 aromatic heterocycles. The number of unbranched alkanes of at least 4 members (excludes halogenated alkanes) is 30. The highest BCUT2D eigenvalue weighted by atomic mass is 31.2. The molecular formula is C51H100NO7P. The lowest BCUT2D eigenvalue weighted by molar-refractivity contribution is -0.870. The molecule has 0 aromatic carbocycles. The first-order valence-electron chi connectivity index (χ1n) is 25.6. The Labute approximate surface area is 373 Å². The van der Waals surface area contributed by atoms with Crippen molar-refractivity contribution in [3.63, 3.8) is 0 Å². The summed E-state index contributed by atoms with van der Waals surface area (Å²) >= 11 is 0. The smallest absolute Gasteiger partial charge is 0.306 e. The van der Waals surface area contributed by atoms with Gasteiger partial charge in [-0.15, -0.1) is 0 Å². The maximum Gasteiger partial charge on any atom is 0.306 e. The highest BCUT2D eigenvalue weighted by Crippen LogP contribution is 2.38. The molecule has 0 spiro atoms. The monoisotopic (exact) mass is 870 g/mol. The Bertz CT molecular complexity index is 1010. The van der Waals surface area contributed by atoms with Gasteiger partial charge in [-0.2, -0.15) is 0 Å². The second kappa shape index (κ2) is 44.6. The summed E-state index contributed by atoms with van der Waals surface area (Å²) in [6.45, 7) is 5.42. The highest BCUT2D eigenvalue weighted by molar-refractivity contribution is 7.45. The number of quaternary nitrogens is 1. The Kier molecular flexibility index (Phi) is 43.8. The van der Waals surface area contributed by atoms with Crippen molar-refractivity contribution in [1.82, 2.24) is 0 Å². The second-order valence-corrected chi connectivity index (χ2v) is 19.9. The van der Waals surface area contributed by atoms with Crippen LogP contribution in [0.3, 0.4) is 0 Å². The molecule has 0 aliphatic heterocycles. The van der Waals surface area contributed by atoms with Gasteiger partial charge in [0.25, 0.3) is 7.82 Å². The number of esters is 1. The van der Waals surface area contributed by atoms with Crippen LogP contribution in [0.2, 0.25) is 0 Å². The maximum atomic E-state index is 12.7. The van der Waals surface area contributed by atoms with E-state index in [1.165, 1.54) is 161 Å². The fourth-order valence-corrected chi connectivity index (χ4v) is 8.01. The minimum atomic E-state index is -4.53. The van der Waals surface area contributed by atoms with E-state index < -0.39 is 13.9 Å². The first kappa shape index (κ1) is 59.0. The fraction of sp³-hybridized carbons (Fsp3) is 0.902. The third kappa shape index (κ3) is 48.0. The van der Waals surface area contributed by atoms with Crippen LogP contribution in [-0.2, 0) is 27.9 Å². The molecule has 0 aromatic rings. The quantitative estimate of drug-likeness (QED) is 0.0198. The van der Waals surface area contributed by atoms with Crippen molar-refractivity contribution in [2.24, 2.45) is 0 Å². The van der Waals surface area contributed by atoms with Gasteiger partial charge in [0.15, 0.2) is 0 Å². The van der Waals surface area contributed by atoms with Gasteiger partial charge in [0.05, 0.1) is 34.4 Å². The van der Waals surface area contributed by atoms with Crippen LogP contribution in [0, 0.1) is 0 Å². The largest absolute Gasteiger partial charge is 0.756 e. The molecule has 0 aliphatic rings. The van der Waals surface area contributed by atoms with Crippen molar-refractivity contribution < 1.29 is 37.3 Å². The summed E-state index contributed by atoms with van der Waals surface area (Å²) in [4.78, 5) is 25.1. The molecule has 2 unspecified atom stereocenters. The van der Waals surface area contributed by atoms with Crippen molar-refractivity contribution >= 4 is 13.8 Å². The van der Waals surface area contributed by atoms with Gasteiger partial charge in [-0.1, -0.05) is 212 Å². The van der Waals surface area contributed by atoms with Gasteiger partial charge in [-0.3, -0.25) is 9.36 Å². The minimum Gasteiger partial charge on any atom is -0.756 e. The van der Waals surface area contributed by atoms with Gasteiger partial charge in [0.1, 0.15) is 19.3 Å². The molecular weight excluding hydrogens is 770 g/mol. The van der Waals surface area contributed by atoms with E-state index in [0.717, 1.165) is 57.8 Å². The topological polar surface area (TPSA) is 94.1 Å². The lowest BCUT2D eigenvalue weighted by atomic mass is 10.0. The number of hydrogen-bond acceptors (Lipinski definition) is 7. The molecule has 0 rings (SSSR count). The predicted octanol–water partition coefficient (Wildman–Crippen LogP) is 14.9. The average Bonchev–Trinajstić information content (AvgIpc) is 3.20. The molecule has 0 N–H and O–H groups in total. The second-order valence-electron chi connectivity index (χ2n) is 18.5. The number of phosphoric acid groups is 1. The van der Waals surface area contributed by atoms with Crippen LogP contribution < -0.4 is 4.89 Å². The lowest BCUT2D eigenvalue weighted by Crippen LogP contribution is -2.37. The summed E-state index contributed by atoms with van der Waals surface area (Å²) in [5, 5.41) is 0. The van der Waals surface area contributed by atoms with E-state index in [1.54, 1.807) is 0 Å². The van der Waals surface area contributed by atoms with Gasteiger partial charge in [0.2, 0.25) is 0 Å². The van der Waals surface area contributed by atoms with E-state index in [4.69, 9.17) is 18.5 Å². The summed E-state index contributed by atoms with van der Waals surface area (Å²) in [6, 6.07) is 0. The number of ether oxygens (including phenoxy) is 2. The van der Waals surface area contributed by atoms with Crippen molar-refractivity contribution in [1.29, 1.82) is 0 Å². The highest BCUT2D eigenvalue weighted by Gasteiger charge is 2.20. The van der Waals surface area contributed by atoms with E-state index in [1.807, 2.05) is 21.1 Å². The molecule has 0 heterocycles. The lowest BCUT2D eigenvalue weighted by Gasteiger charge is -2.28. The molecule has 0 radical (unpaired) electrons. The number of allylic oxidation sites excluding steroid dienone is 4. The SMILES string of the molecule is CCCCCC/C=C\C/C=C\CCCCCCCC(=O)OC(COCCCCCCCCCCCCCCCCCCCCCCCC)COP(=O)([O-])OCC[N+](C)(C)C. The third-order valence-corrected chi connectivity index (χ3v) is 12.2. The van der Waals surface area contributed by atoms with Gasteiger partial charge in [-0.25, -0.2) is 0 Å². The summed E-state index contributed by atoms with van der Waals surface area (Å²) in [7, 11) is 1.36. The first-order chi connectivity index (χ1) is 29.1. The Morgan fingerprint density at radius 1 is 0.517 bits per heavy atom. The van der Waals surface area contributed by atoms with Gasteiger partial charge >= 0.3 is 5.97 Å². The number of hydrogen-bond donors (Lipinski definition) is 0. The summed E-state index contributed by atoms with van der Waals surface area (Å²) < 4.78 is 34.7. The average molecular weight is 870 g/mol. The maximum absolute atomic E-state index is 12.7. The third-order valence-electron chi connectivity index (χ3n) is 11.3. The number of phosphoric ester groups is 1. The normalized spacial score (nSPS) is 13.8. The Morgan fingerprint density at radius 2 is 0.917 bits per heavy atom. The zero-order valence-electron chi connectivity index (χ0n) is 40.4. The molecule has 0 aliphatic carbocycles. The van der Waals surface area contributed by atoms with Gasteiger partial charge < -0.3 is 27.9 Å². The van der Waals surface area contributed by atoms with Crippen molar-refractivity contribution in [2.45, 2.75) is 245 Å². The molecule has 8 nitrogen and oxygen atoms in total. The molecule has 356 valence electrons. The molecule has 0 saturated heterocycles. The van der Waals surface area contributed by atoms with Gasteiger partial charge in [0, 0.05) is 13.0 Å². The zero-order valence-corrected chi connectivity index (χ0v) is 41.3. The first-order valence-corrected chi connectivity index (χ1v) is 27.0. The Balaban J connectivity index is 4.11. The van der Waals surface area contributed by atoms with E-state index in [9.17, 15) is 14.3 Å². The minimum absolute atomic E-state index is 0.0254. The van der Waals surface area contributed by atoms with Crippen LogP contribution in [0.25, 0.3) is 0 Å². The standard InChI is InChI=1S/C51H100NO7P/c1-6-8-10-12-14-16-18-20-22-24-25-26-27-28-29-31-33-35-37-39-41-43-46-56-48-50(49-58-60(54,55)57-47-45-52(3,4)5)59-51(53)44-42-40-38-36-34-32-30-23-21-19-17-15-13-11-9-7-2/h17,19,23,30,50H,6-16,18,20-22,24-29,31-49H2,1-5H3/b19-17-,30-23-. The number of carbonyl (C=O) groups is 1. The van der Waals surface area contributed by atoms with E-state index in [2.05, 4.69) is 38.2 Å². The zero-order chi connectivity index (χ0) is 44.1. The molecule has 2 atom stereocenters. The summed E-state index contributed by atoms with van der Waals surface area (Å²) in [5.74, 6) is -0.343. The van der Waals surface area contributed by atoms with Crippen LogP contribution in [-0.4, -0.2) is 70.7 Å². The number of nitrogens with zero attached hydrogens (tertiary/aromatic N) is 1. The molecule has 0 saturated carbocycles. The van der Waals surface area contributed by atoms with E-state index in [-0.39, 0.29) is 25.8 Å². The number of likely N-dealkylation sites (N-methyl/N-ethyl adjacent to an activating group) is 1. The Hall–Kier alpha value is -1.02. The number of carbonyl (C=O) groups excluding carboxylic acids is 1. The predicted molar refractivity (Wildman–Crippen MR) is 254 cm³/mol. The van der Waals surface area contributed by atoms with Crippen molar-refractivity contribution in [2.75, 3.05) is 54.1 Å². The number of rotatable bonds is 48. The van der Waals surface area contributed by atoms with Crippen LogP contribution in [0.5, 0.6) is 0 Å². The summed E-state index contributed by atoms with van der Waals surface area (Å²) in [5.41, 5.74) is 0. The van der Waals surface area contributed by atoms with Crippen molar-refractivity contribution in [3.8, 4) is 0 Å². The molecule has 9 heteroatoms. The van der Waals surface area contributed by atoms with Crippen LogP contribution in [0.1, 0.15) is 239 Å². The Morgan fingerprint density at radius 3 is 1.37 bits per heavy atom. The molecule has 0 amide bonds. The van der Waals surface area contributed by atoms with E-state index >= 15 is 0 Å². The van der Waals surface area contributed by atoms with Crippen LogP contribution in [0.4, 0.5) is 0 Å². The van der Waals surface area contributed by atoms with E-state index in [0.29, 0.717) is 24.1 Å².